The maximum atomic E-state index is 2.33. The maximum Gasteiger partial charge on any atom is 0.0797 e. The van der Waals surface area contributed by atoms with Gasteiger partial charge >= 0.3 is 0 Å². The number of allylic oxidation sites excluding steroid dienone is 8. The van der Waals surface area contributed by atoms with E-state index in [0.717, 1.165) is 12.8 Å². The fraction of sp³-hybridized carbons (Fsp3) is 0.0909. The molecule has 0 aliphatic heterocycles. The molecule has 0 amide bonds. The number of rotatable bonds is 4. The summed E-state index contributed by atoms with van der Waals surface area (Å²) < 4.78 is 0. The summed E-state index contributed by atoms with van der Waals surface area (Å²) >= 11 is 0. The highest BCUT2D eigenvalue weighted by atomic mass is 28.2. The number of hydrogen-bond acceptors (Lipinski definition) is 0. The molecule has 4 rings (SSSR count). The van der Waals surface area contributed by atoms with Gasteiger partial charge in [0.25, 0.3) is 0 Å². The van der Waals surface area contributed by atoms with Crippen LogP contribution in [0.4, 0.5) is 0 Å². The Bertz CT molecular complexity index is 749. The van der Waals surface area contributed by atoms with E-state index in [-0.39, 0.29) is 9.52 Å². The molecular weight excluding hydrogens is 292 g/mol. The van der Waals surface area contributed by atoms with Crippen LogP contribution in [0.15, 0.2) is 95.4 Å². The highest BCUT2D eigenvalue weighted by molar-refractivity contribution is 6.58. The van der Waals surface area contributed by atoms with E-state index in [2.05, 4.69) is 85.0 Å². The molecule has 0 aromatic heterocycles. The maximum absolute atomic E-state index is 2.33. The summed E-state index contributed by atoms with van der Waals surface area (Å²) in [6.07, 6.45) is 11.6. The summed E-state index contributed by atoms with van der Waals surface area (Å²) in [4.78, 5) is 0. The summed E-state index contributed by atoms with van der Waals surface area (Å²) in [5.41, 5.74) is 5.70. The van der Waals surface area contributed by atoms with Gasteiger partial charge in [0, 0.05) is 0 Å². The van der Waals surface area contributed by atoms with E-state index in [1.54, 1.807) is 10.4 Å². The van der Waals surface area contributed by atoms with E-state index in [4.69, 9.17) is 0 Å². The Kier molecular flexibility index (Phi) is 3.95. The minimum Gasteiger partial charge on any atom is -0.0802 e. The van der Waals surface area contributed by atoms with Crippen molar-refractivity contribution in [2.75, 3.05) is 0 Å². The van der Waals surface area contributed by atoms with Gasteiger partial charge in [-0.2, -0.15) is 0 Å². The van der Waals surface area contributed by atoms with Gasteiger partial charge in [-0.25, -0.2) is 0 Å². The lowest BCUT2D eigenvalue weighted by molar-refractivity contribution is 1.35. The standard InChI is InChI=1S/C22H20Si/c1-3-9-17(10-4-1)19-13-7-15-21(19)23-22-16-8-14-20(22)18-11-5-2-6-12-18/h1-14H,15-16,23H2. The Morgan fingerprint density at radius 2 is 1.00 bits per heavy atom. The van der Waals surface area contributed by atoms with Crippen molar-refractivity contribution in [1.29, 1.82) is 0 Å². The van der Waals surface area contributed by atoms with Crippen molar-refractivity contribution in [1.82, 2.24) is 0 Å². The Hall–Kier alpha value is -2.38. The third-order valence-electron chi connectivity index (χ3n) is 4.66. The Morgan fingerprint density at radius 3 is 1.43 bits per heavy atom. The van der Waals surface area contributed by atoms with Crippen molar-refractivity contribution in [2.45, 2.75) is 12.8 Å². The highest BCUT2D eigenvalue weighted by Crippen LogP contribution is 2.33. The molecule has 2 aliphatic rings. The molecule has 0 heterocycles. The zero-order valence-electron chi connectivity index (χ0n) is 13.2. The third-order valence-corrected chi connectivity index (χ3v) is 6.85. The van der Waals surface area contributed by atoms with Crippen LogP contribution < -0.4 is 0 Å². The second kappa shape index (κ2) is 6.39. The smallest absolute Gasteiger partial charge is 0.0797 e. The molecule has 1 heteroatoms. The first-order valence-electron chi connectivity index (χ1n) is 8.30. The molecule has 112 valence electrons. The quantitative estimate of drug-likeness (QED) is 0.705. The first-order valence-corrected chi connectivity index (χ1v) is 9.71. The molecule has 2 aliphatic carbocycles. The molecule has 0 unspecified atom stereocenters. The van der Waals surface area contributed by atoms with Crippen LogP contribution >= 0.6 is 0 Å². The molecule has 23 heavy (non-hydrogen) atoms. The summed E-state index contributed by atoms with van der Waals surface area (Å²) in [6, 6.07) is 21.7. The van der Waals surface area contributed by atoms with Crippen LogP contribution in [0.3, 0.4) is 0 Å². The second-order valence-corrected chi connectivity index (χ2v) is 8.22. The molecule has 0 atom stereocenters. The molecule has 0 radical (unpaired) electrons. The van der Waals surface area contributed by atoms with E-state index in [1.165, 1.54) is 22.3 Å². The fourth-order valence-electron chi connectivity index (χ4n) is 3.52. The van der Waals surface area contributed by atoms with Gasteiger partial charge in [-0.05, 0) is 35.1 Å². The third kappa shape index (κ3) is 2.93. The van der Waals surface area contributed by atoms with Crippen molar-refractivity contribution < 1.29 is 0 Å². The molecule has 0 saturated carbocycles. The number of hydrogen-bond donors (Lipinski definition) is 0. The lowest BCUT2D eigenvalue weighted by atomic mass is 10.1. The van der Waals surface area contributed by atoms with E-state index in [0.29, 0.717) is 0 Å². The van der Waals surface area contributed by atoms with Gasteiger partial charge in [-0.15, -0.1) is 0 Å². The molecule has 0 nitrogen and oxygen atoms in total. The highest BCUT2D eigenvalue weighted by Gasteiger charge is 2.17. The van der Waals surface area contributed by atoms with Crippen LogP contribution in [0.25, 0.3) is 11.1 Å². The average Bonchev–Trinajstić information content (AvgIpc) is 3.26. The van der Waals surface area contributed by atoms with Crippen LogP contribution in [-0.4, -0.2) is 9.52 Å². The summed E-state index contributed by atoms with van der Waals surface area (Å²) in [5.74, 6) is 0. The van der Waals surface area contributed by atoms with E-state index in [9.17, 15) is 0 Å². The van der Waals surface area contributed by atoms with Crippen molar-refractivity contribution >= 4 is 20.7 Å². The van der Waals surface area contributed by atoms with Crippen LogP contribution in [0.2, 0.25) is 0 Å². The van der Waals surface area contributed by atoms with Gasteiger partial charge in [0.15, 0.2) is 0 Å². The average molecular weight is 312 g/mol. The first kappa shape index (κ1) is 14.2. The van der Waals surface area contributed by atoms with Crippen molar-refractivity contribution in [3.63, 3.8) is 0 Å². The van der Waals surface area contributed by atoms with E-state index >= 15 is 0 Å². The minimum atomic E-state index is -0.384. The first-order chi connectivity index (χ1) is 11.4. The van der Waals surface area contributed by atoms with Crippen LogP contribution in [0, 0.1) is 0 Å². The Balaban J connectivity index is 1.67. The second-order valence-electron chi connectivity index (χ2n) is 6.16. The number of benzene rings is 2. The summed E-state index contributed by atoms with van der Waals surface area (Å²) in [6.45, 7) is 0. The lowest BCUT2D eigenvalue weighted by Crippen LogP contribution is -2.02. The summed E-state index contributed by atoms with van der Waals surface area (Å²) in [5, 5.41) is 3.37. The Labute approximate surface area is 140 Å². The van der Waals surface area contributed by atoms with Crippen molar-refractivity contribution in [2.24, 2.45) is 0 Å². The zero-order valence-corrected chi connectivity index (χ0v) is 14.6. The van der Waals surface area contributed by atoms with Gasteiger partial charge in [0.05, 0.1) is 9.52 Å². The van der Waals surface area contributed by atoms with Gasteiger partial charge in [0.2, 0.25) is 0 Å². The normalized spacial score (nSPS) is 16.7. The molecule has 0 bridgehead atoms. The zero-order chi connectivity index (χ0) is 15.5. The van der Waals surface area contributed by atoms with Gasteiger partial charge in [-0.1, -0.05) is 95.4 Å². The van der Waals surface area contributed by atoms with Crippen molar-refractivity contribution in [3.05, 3.63) is 106 Å². The molecule has 0 N–H and O–H groups in total. The van der Waals surface area contributed by atoms with E-state index in [1.807, 2.05) is 0 Å². The molecule has 2 aromatic rings. The van der Waals surface area contributed by atoms with Gasteiger partial charge in [-0.3, -0.25) is 0 Å². The van der Waals surface area contributed by atoms with Gasteiger partial charge in [0.1, 0.15) is 0 Å². The molecule has 0 saturated heterocycles. The molecular formula is C22H20Si. The molecule has 2 aromatic carbocycles. The Morgan fingerprint density at radius 1 is 0.565 bits per heavy atom. The summed E-state index contributed by atoms with van der Waals surface area (Å²) in [7, 11) is -0.384. The molecule has 0 spiro atoms. The van der Waals surface area contributed by atoms with Gasteiger partial charge < -0.3 is 0 Å². The van der Waals surface area contributed by atoms with E-state index < -0.39 is 0 Å². The predicted octanol–water partition coefficient (Wildman–Crippen LogP) is 4.90. The minimum absolute atomic E-state index is 0.384. The fourth-order valence-corrected chi connectivity index (χ4v) is 5.68. The monoisotopic (exact) mass is 312 g/mol. The predicted molar refractivity (Wildman–Crippen MR) is 103 cm³/mol. The largest absolute Gasteiger partial charge is 0.0802 e. The molecule has 0 fully saturated rings. The van der Waals surface area contributed by atoms with Crippen molar-refractivity contribution in [3.8, 4) is 0 Å². The topological polar surface area (TPSA) is 0 Å². The van der Waals surface area contributed by atoms with Crippen LogP contribution in [-0.2, 0) is 0 Å². The SMILES string of the molecule is C1=CC(c2ccccc2)=C([SiH2]C2=C(c3ccccc3)C=CC2)C1. The van der Waals surface area contributed by atoms with Crippen LogP contribution in [0.1, 0.15) is 24.0 Å². The lowest BCUT2D eigenvalue weighted by Gasteiger charge is -2.11. The van der Waals surface area contributed by atoms with Crippen LogP contribution in [0.5, 0.6) is 0 Å².